The van der Waals surface area contributed by atoms with E-state index in [1.165, 1.54) is 7.11 Å². The maximum absolute atomic E-state index is 13.2. The van der Waals surface area contributed by atoms with Crippen molar-refractivity contribution in [2.75, 3.05) is 25.6 Å². The monoisotopic (exact) mass is 414 g/mol. The third-order valence-electron chi connectivity index (χ3n) is 4.97. The normalized spacial score (nSPS) is 22.8. The third kappa shape index (κ3) is 4.52. The fourth-order valence-electron chi connectivity index (χ4n) is 3.41. The van der Waals surface area contributed by atoms with Crippen LogP contribution >= 0.6 is 0 Å². The van der Waals surface area contributed by atoms with Gasteiger partial charge in [-0.1, -0.05) is 0 Å². The van der Waals surface area contributed by atoms with E-state index in [-0.39, 0.29) is 31.2 Å². The molecule has 9 nitrogen and oxygen atoms in total. The molecule has 1 saturated heterocycles. The number of nitrogens with one attached hydrogen (secondary N) is 1. The number of methoxy groups -OCH3 is 1. The van der Waals surface area contributed by atoms with Gasteiger partial charge in [0, 0.05) is 12.2 Å². The van der Waals surface area contributed by atoms with Crippen molar-refractivity contribution >= 4 is 5.95 Å². The Bertz CT molecular complexity index is 842. The summed E-state index contributed by atoms with van der Waals surface area (Å²) in [6.45, 7) is 0.492. The van der Waals surface area contributed by atoms with Gasteiger partial charge < -0.3 is 19.5 Å². The molecule has 0 spiro atoms. The van der Waals surface area contributed by atoms with Crippen molar-refractivity contribution in [3.05, 3.63) is 18.1 Å². The van der Waals surface area contributed by atoms with E-state index in [4.69, 9.17) is 14.2 Å². The van der Waals surface area contributed by atoms with Crippen LogP contribution in [0.2, 0.25) is 0 Å². The first-order valence-electron chi connectivity index (χ1n) is 9.32. The van der Waals surface area contributed by atoms with Crippen molar-refractivity contribution in [2.45, 2.75) is 50.0 Å². The molecule has 29 heavy (non-hydrogen) atoms. The zero-order valence-electron chi connectivity index (χ0n) is 15.7. The quantitative estimate of drug-likeness (QED) is 0.770. The fraction of sp³-hybridized carbons (Fsp3) is 0.647. The minimum absolute atomic E-state index is 0.0134. The van der Waals surface area contributed by atoms with E-state index in [9.17, 15) is 13.2 Å². The zero-order valence-corrected chi connectivity index (χ0v) is 15.7. The molecule has 2 aromatic heterocycles. The van der Waals surface area contributed by atoms with Crippen LogP contribution in [0.3, 0.4) is 0 Å². The van der Waals surface area contributed by atoms with E-state index in [2.05, 4.69) is 25.4 Å². The van der Waals surface area contributed by atoms with Crippen LogP contribution in [-0.4, -0.2) is 57.2 Å². The summed E-state index contributed by atoms with van der Waals surface area (Å²) >= 11 is 0. The number of ether oxygens (including phenoxy) is 3. The van der Waals surface area contributed by atoms with Gasteiger partial charge in [-0.25, -0.2) is 9.67 Å². The van der Waals surface area contributed by atoms with E-state index < -0.39 is 23.7 Å². The van der Waals surface area contributed by atoms with E-state index >= 15 is 0 Å². The summed E-state index contributed by atoms with van der Waals surface area (Å²) in [7, 11) is 1.50. The lowest BCUT2D eigenvalue weighted by atomic mass is 9.91. The lowest BCUT2D eigenvalue weighted by molar-refractivity contribution is -0.142. The van der Waals surface area contributed by atoms with Gasteiger partial charge in [0.15, 0.2) is 0 Å². The van der Waals surface area contributed by atoms with Crippen LogP contribution in [0.15, 0.2) is 12.5 Å². The Balaban J connectivity index is 1.47. The first kappa shape index (κ1) is 19.7. The summed E-state index contributed by atoms with van der Waals surface area (Å²) in [6, 6.07) is 0.392. The van der Waals surface area contributed by atoms with Gasteiger partial charge >= 0.3 is 12.2 Å². The molecule has 0 bridgehead atoms. The number of hydrogen-bond donors (Lipinski definition) is 1. The molecule has 0 unspecified atom stereocenters. The Morgan fingerprint density at radius 2 is 2.07 bits per heavy atom. The predicted octanol–water partition coefficient (Wildman–Crippen LogP) is 2.47. The largest absolute Gasteiger partial charge is 0.469 e. The summed E-state index contributed by atoms with van der Waals surface area (Å²) in [5.41, 5.74) is -0.994. The molecule has 0 aromatic carbocycles. The average molecular weight is 414 g/mol. The second kappa shape index (κ2) is 8.01. The van der Waals surface area contributed by atoms with Crippen LogP contribution in [0.4, 0.5) is 19.1 Å². The Morgan fingerprint density at radius 3 is 2.72 bits per heavy atom. The maximum Gasteiger partial charge on any atom is 0.423 e. The number of alkyl halides is 3. The molecule has 2 atom stereocenters. The van der Waals surface area contributed by atoms with Crippen LogP contribution < -0.4 is 14.8 Å². The third-order valence-corrected chi connectivity index (χ3v) is 4.97. The van der Waals surface area contributed by atoms with Crippen molar-refractivity contribution < 1.29 is 27.4 Å². The highest BCUT2D eigenvalue weighted by molar-refractivity contribution is 5.36. The van der Waals surface area contributed by atoms with Gasteiger partial charge in [-0.15, -0.1) is 5.10 Å². The van der Waals surface area contributed by atoms with Crippen LogP contribution in [0, 0.1) is 0 Å². The van der Waals surface area contributed by atoms with E-state index in [0.29, 0.717) is 12.4 Å². The van der Waals surface area contributed by atoms with Gasteiger partial charge in [-0.05, 0) is 25.7 Å². The van der Waals surface area contributed by atoms with E-state index in [1.807, 2.05) is 0 Å². The number of aromatic nitrogens is 5. The molecule has 4 rings (SSSR count). The smallest absolute Gasteiger partial charge is 0.423 e. The first-order valence-corrected chi connectivity index (χ1v) is 9.32. The van der Waals surface area contributed by atoms with Gasteiger partial charge in [-0.2, -0.15) is 23.1 Å². The average Bonchev–Trinajstić information content (AvgIpc) is 3.13. The lowest BCUT2D eigenvalue weighted by Gasteiger charge is -2.30. The maximum atomic E-state index is 13.2. The number of rotatable bonds is 6. The van der Waals surface area contributed by atoms with Crippen molar-refractivity contribution in [1.29, 1.82) is 0 Å². The standard InChI is InChI=1S/C17H21F3N6O3/c1-27-16-22-9-26(25-16)11-4-2-3-10(5-11)23-15-21-6-13(17(18,19)20)14(24-15)29-12-7-28-8-12/h6,9-12H,2-5,7-8H2,1H3,(H,21,23,24)/t10-,11-/m0/s1. The Labute approximate surface area is 164 Å². The molecule has 3 heterocycles. The van der Waals surface area contributed by atoms with Crippen LogP contribution in [0.5, 0.6) is 11.9 Å². The molecule has 1 aliphatic carbocycles. The number of nitrogens with zero attached hydrogens (tertiary/aromatic N) is 5. The van der Waals surface area contributed by atoms with Crippen LogP contribution in [-0.2, 0) is 10.9 Å². The van der Waals surface area contributed by atoms with Crippen LogP contribution in [0.1, 0.15) is 37.3 Å². The predicted molar refractivity (Wildman–Crippen MR) is 93.8 cm³/mol. The van der Waals surface area contributed by atoms with E-state index in [1.54, 1.807) is 11.0 Å². The SMILES string of the molecule is COc1ncn([C@H]2CCC[C@H](Nc3ncc(C(F)(F)F)c(OC4COC4)n3)C2)n1. The Morgan fingerprint density at radius 1 is 1.24 bits per heavy atom. The van der Waals surface area contributed by atoms with Crippen LogP contribution in [0.25, 0.3) is 0 Å². The summed E-state index contributed by atoms with van der Waals surface area (Å²) < 4.78 is 56.8. The minimum atomic E-state index is -4.60. The molecule has 0 radical (unpaired) electrons. The first-order chi connectivity index (χ1) is 13.9. The van der Waals surface area contributed by atoms with Gasteiger partial charge in [-0.3, -0.25) is 0 Å². The van der Waals surface area contributed by atoms with Gasteiger partial charge in [0.25, 0.3) is 0 Å². The fourth-order valence-corrected chi connectivity index (χ4v) is 3.41. The summed E-state index contributed by atoms with van der Waals surface area (Å²) in [5.74, 6) is -0.369. The van der Waals surface area contributed by atoms with Crippen molar-refractivity contribution in [2.24, 2.45) is 0 Å². The Kier molecular flexibility index (Phi) is 5.43. The molecule has 1 aliphatic heterocycles. The summed E-state index contributed by atoms with van der Waals surface area (Å²) in [5, 5.41) is 7.40. The molecule has 12 heteroatoms. The lowest BCUT2D eigenvalue weighted by Crippen LogP contribution is -2.39. The molecule has 2 aromatic rings. The second-order valence-corrected chi connectivity index (χ2v) is 7.06. The van der Waals surface area contributed by atoms with Gasteiger partial charge in [0.2, 0.25) is 11.8 Å². The topological polar surface area (TPSA) is 96.2 Å². The molecule has 0 amide bonds. The zero-order chi connectivity index (χ0) is 20.4. The highest BCUT2D eigenvalue weighted by atomic mass is 19.4. The van der Waals surface area contributed by atoms with Crippen molar-refractivity contribution in [3.63, 3.8) is 0 Å². The molecule has 158 valence electrons. The molecule has 2 aliphatic rings. The highest BCUT2D eigenvalue weighted by Gasteiger charge is 2.38. The highest BCUT2D eigenvalue weighted by Crippen LogP contribution is 2.36. The van der Waals surface area contributed by atoms with Crippen molar-refractivity contribution in [1.82, 2.24) is 24.7 Å². The molecule has 2 fully saturated rings. The second-order valence-electron chi connectivity index (χ2n) is 7.06. The number of anilines is 1. The molecular weight excluding hydrogens is 393 g/mol. The molecular formula is C17H21F3N6O3. The number of hydrogen-bond acceptors (Lipinski definition) is 8. The van der Waals surface area contributed by atoms with Gasteiger partial charge in [0.05, 0.1) is 26.4 Å². The molecule has 1 N–H and O–H groups in total. The van der Waals surface area contributed by atoms with Crippen molar-refractivity contribution in [3.8, 4) is 11.9 Å². The van der Waals surface area contributed by atoms with Gasteiger partial charge in [0.1, 0.15) is 18.0 Å². The molecule has 1 saturated carbocycles. The summed E-state index contributed by atoms with van der Waals surface area (Å²) in [4.78, 5) is 11.9. The summed E-state index contributed by atoms with van der Waals surface area (Å²) in [6.07, 6.45) is 0.756. The minimum Gasteiger partial charge on any atom is -0.469 e. The Hall–Kier alpha value is -2.63. The number of halogens is 3. The van der Waals surface area contributed by atoms with E-state index in [0.717, 1.165) is 25.5 Å².